The molecule has 7 N–H and O–H groups in total. The van der Waals surface area contributed by atoms with Gasteiger partial charge in [0.15, 0.2) is 11.4 Å². The van der Waals surface area contributed by atoms with Crippen molar-refractivity contribution in [3.05, 3.63) is 35.8 Å². The van der Waals surface area contributed by atoms with E-state index in [4.69, 9.17) is 21.9 Å². The van der Waals surface area contributed by atoms with E-state index < -0.39 is 0 Å². The fraction of sp³-hybridized carbons (Fsp3) is 0.385. The molecule has 0 aromatic carbocycles. The zero-order valence-corrected chi connectivity index (χ0v) is 21.9. The molecule has 1 unspecified atom stereocenters. The van der Waals surface area contributed by atoms with Crippen LogP contribution < -0.4 is 27.3 Å². The number of fused-ring (bicyclic) bond motifs is 3. The third-order valence-corrected chi connectivity index (χ3v) is 8.00. The summed E-state index contributed by atoms with van der Waals surface area (Å²) in [5, 5.41) is 11.2. The molecule has 0 aliphatic carbocycles. The van der Waals surface area contributed by atoms with Gasteiger partial charge in [-0.2, -0.15) is 9.61 Å². The van der Waals surface area contributed by atoms with Gasteiger partial charge in [0, 0.05) is 48.3 Å². The van der Waals surface area contributed by atoms with Crippen LogP contribution in [0.15, 0.2) is 29.5 Å². The van der Waals surface area contributed by atoms with Gasteiger partial charge in [0.05, 0.1) is 17.5 Å². The van der Waals surface area contributed by atoms with E-state index in [0.29, 0.717) is 54.1 Å². The molecule has 14 nitrogen and oxygen atoms in total. The van der Waals surface area contributed by atoms with Gasteiger partial charge in [0.25, 0.3) is 6.34 Å². The molecular formula is C26H30N11O3+. The number of nitrogens with one attached hydrogen (secondary N) is 1. The maximum absolute atomic E-state index is 13.0. The molecule has 3 aliphatic heterocycles. The van der Waals surface area contributed by atoms with Gasteiger partial charge in [-0.3, -0.25) is 19.8 Å². The lowest BCUT2D eigenvalue weighted by Crippen LogP contribution is -2.51. The lowest BCUT2D eigenvalue weighted by molar-refractivity contribution is -0.128. The number of hydrazine groups is 1. The summed E-state index contributed by atoms with van der Waals surface area (Å²) in [7, 11) is 0. The topological polar surface area (TPSA) is 203 Å². The summed E-state index contributed by atoms with van der Waals surface area (Å²) in [4.78, 5) is 52.9. The normalized spacial score (nSPS) is 22.8. The number of ketones is 1. The van der Waals surface area contributed by atoms with Gasteiger partial charge >= 0.3 is 11.7 Å². The number of amidine groups is 1. The van der Waals surface area contributed by atoms with Crippen LogP contribution in [0.2, 0.25) is 0 Å². The zero-order chi connectivity index (χ0) is 28.1. The maximum atomic E-state index is 13.0. The number of rotatable bonds is 5. The Labute approximate surface area is 228 Å². The molecule has 3 aliphatic rings. The summed E-state index contributed by atoms with van der Waals surface area (Å²) in [5.41, 5.74) is 18.3. The standard InChI is InChI=1S/C26H29N11O3/c1-13(38)21-22(15-8-16-3-4-17(9-15)35(16)26(40)23(28)31-12-27)34-25-18(11-33-37(25)24(21)29)14-2-5-19(30-10-14)36-20(39)6-7-32-36/h2,5,10-12,15-17,32H,3-4,6-9,29H2,1H3,(H3,27,28,31)/p+1/t15?,16-,17+. The number of carbonyl (C=O) groups is 3. The smallest absolute Gasteiger partial charge is 0.316 e. The minimum absolute atomic E-state index is 0.0403. The van der Waals surface area contributed by atoms with Crippen LogP contribution in [0.1, 0.15) is 61.0 Å². The predicted octanol–water partition coefficient (Wildman–Crippen LogP) is -0.801. The highest BCUT2D eigenvalue weighted by Gasteiger charge is 2.46. The second kappa shape index (κ2) is 9.79. The van der Waals surface area contributed by atoms with E-state index in [0.717, 1.165) is 24.7 Å². The molecule has 6 heterocycles. The van der Waals surface area contributed by atoms with Crippen LogP contribution >= 0.6 is 0 Å². The van der Waals surface area contributed by atoms with E-state index in [1.807, 2.05) is 6.07 Å². The Morgan fingerprint density at radius 2 is 1.95 bits per heavy atom. The number of hydrogen-bond acceptors (Lipinski definition) is 8. The van der Waals surface area contributed by atoms with Crippen molar-refractivity contribution in [3.63, 3.8) is 0 Å². The van der Waals surface area contributed by atoms with Gasteiger partial charge in [-0.25, -0.2) is 20.4 Å². The van der Waals surface area contributed by atoms with E-state index in [1.54, 1.807) is 23.4 Å². The summed E-state index contributed by atoms with van der Waals surface area (Å²) in [5.74, 6) is -0.0865. The summed E-state index contributed by atoms with van der Waals surface area (Å²) < 4.78 is 1.47. The second-order valence-electron chi connectivity index (χ2n) is 10.3. The summed E-state index contributed by atoms with van der Waals surface area (Å²) in [6.45, 7) is 2.04. The predicted molar refractivity (Wildman–Crippen MR) is 146 cm³/mol. The first-order chi connectivity index (χ1) is 19.3. The Kier molecular flexibility index (Phi) is 6.25. The Morgan fingerprint density at radius 1 is 1.20 bits per heavy atom. The van der Waals surface area contributed by atoms with Crippen LogP contribution in [0.3, 0.4) is 0 Å². The minimum Gasteiger partial charge on any atom is -0.383 e. The van der Waals surface area contributed by atoms with Crippen molar-refractivity contribution < 1.29 is 19.8 Å². The van der Waals surface area contributed by atoms with Crippen LogP contribution in [-0.4, -0.2) is 72.9 Å². The Hall–Kier alpha value is -4.72. The fourth-order valence-corrected chi connectivity index (χ4v) is 6.25. The van der Waals surface area contributed by atoms with Crippen molar-refractivity contribution >= 4 is 47.1 Å². The number of piperidine rings is 1. The SMILES string of the molecule is CC(=O)c1c(C2C[C@H]3CC[C@@H](C2)N3C(=O)C(N)=NC=[NH2+])nc2c(-c3ccc(N4NCCC4=O)nc3)cnn2c1N. The minimum atomic E-state index is -0.331. The monoisotopic (exact) mass is 544 g/mol. The molecule has 3 aromatic rings. The highest BCUT2D eigenvalue weighted by atomic mass is 16.2. The Morgan fingerprint density at radius 3 is 2.55 bits per heavy atom. The largest absolute Gasteiger partial charge is 0.383 e. The maximum Gasteiger partial charge on any atom is 0.316 e. The number of aliphatic imine (C=N–C) groups is 1. The lowest BCUT2D eigenvalue weighted by atomic mass is 9.85. The van der Waals surface area contributed by atoms with Crippen LogP contribution in [0, 0.1) is 0 Å². The summed E-state index contributed by atoms with van der Waals surface area (Å²) in [6, 6.07) is 3.47. The highest BCUT2D eigenvalue weighted by molar-refractivity contribution is 6.38. The number of hydrogen-bond donors (Lipinski definition) is 4. The number of amides is 2. The second-order valence-corrected chi connectivity index (χ2v) is 10.3. The van der Waals surface area contributed by atoms with E-state index in [1.165, 1.54) is 16.4 Å². The van der Waals surface area contributed by atoms with Gasteiger partial charge < -0.3 is 16.4 Å². The molecule has 6 rings (SSSR count). The molecule has 3 fully saturated rings. The molecule has 2 bridgehead atoms. The molecule has 206 valence electrons. The number of nitrogen functional groups attached to an aromatic ring is 1. The molecule has 3 saturated heterocycles. The average molecular weight is 545 g/mol. The lowest BCUT2D eigenvalue weighted by Gasteiger charge is -2.38. The number of pyridine rings is 1. The molecule has 40 heavy (non-hydrogen) atoms. The van der Waals surface area contributed by atoms with E-state index in [9.17, 15) is 14.4 Å². The third kappa shape index (κ3) is 4.07. The van der Waals surface area contributed by atoms with Crippen molar-refractivity contribution in [3.8, 4) is 11.1 Å². The van der Waals surface area contributed by atoms with Crippen molar-refractivity contribution in [2.45, 2.75) is 57.0 Å². The van der Waals surface area contributed by atoms with Crippen LogP contribution in [0.25, 0.3) is 16.8 Å². The van der Waals surface area contributed by atoms with Crippen molar-refractivity contribution in [2.24, 2.45) is 10.7 Å². The van der Waals surface area contributed by atoms with Crippen molar-refractivity contribution in [1.82, 2.24) is 29.9 Å². The zero-order valence-electron chi connectivity index (χ0n) is 21.9. The summed E-state index contributed by atoms with van der Waals surface area (Å²) in [6.07, 6.45) is 7.60. The number of anilines is 2. The van der Waals surface area contributed by atoms with Gasteiger partial charge in [0.2, 0.25) is 5.91 Å². The third-order valence-electron chi connectivity index (χ3n) is 8.00. The number of nitrogens with two attached hydrogens (primary N) is 3. The molecule has 0 spiro atoms. The first-order valence-electron chi connectivity index (χ1n) is 13.2. The molecule has 0 radical (unpaired) electrons. The van der Waals surface area contributed by atoms with E-state index >= 15 is 0 Å². The molecule has 3 atom stereocenters. The Balaban J connectivity index is 1.37. The first-order valence-corrected chi connectivity index (χ1v) is 13.2. The van der Waals surface area contributed by atoms with Crippen LogP contribution in [0.4, 0.5) is 11.6 Å². The average Bonchev–Trinajstić information content (AvgIpc) is 3.63. The van der Waals surface area contributed by atoms with Gasteiger partial charge in [-0.15, -0.1) is 0 Å². The number of Topliss-reactive ketones (excluding diaryl/α,β-unsaturated/α-hetero) is 1. The first kappa shape index (κ1) is 25.6. The van der Waals surface area contributed by atoms with E-state index in [2.05, 4.69) is 20.5 Å². The number of nitrogens with zero attached hydrogens (tertiary/aromatic N) is 7. The van der Waals surface area contributed by atoms with Gasteiger partial charge in [-0.1, -0.05) is 0 Å². The molecule has 2 amide bonds. The number of aromatic nitrogens is 4. The molecule has 3 aromatic heterocycles. The highest BCUT2D eigenvalue weighted by Crippen LogP contribution is 2.44. The van der Waals surface area contributed by atoms with E-state index in [-0.39, 0.29) is 47.3 Å². The van der Waals surface area contributed by atoms with Crippen molar-refractivity contribution in [2.75, 3.05) is 17.3 Å². The molecule has 14 heteroatoms. The number of carbonyl (C=O) groups excluding carboxylic acids is 3. The Bertz CT molecular complexity index is 1560. The molecule has 0 saturated carbocycles. The fourth-order valence-electron chi connectivity index (χ4n) is 6.25. The van der Waals surface area contributed by atoms with Gasteiger partial charge in [0.1, 0.15) is 11.6 Å². The quantitative estimate of drug-likeness (QED) is 0.180. The van der Waals surface area contributed by atoms with Crippen LogP contribution in [-0.2, 0) is 9.59 Å². The molecular weight excluding hydrogens is 514 g/mol. The van der Waals surface area contributed by atoms with Crippen molar-refractivity contribution in [1.29, 1.82) is 0 Å². The van der Waals surface area contributed by atoms with Crippen LogP contribution in [0.5, 0.6) is 0 Å². The summed E-state index contributed by atoms with van der Waals surface area (Å²) >= 11 is 0. The van der Waals surface area contributed by atoms with Gasteiger partial charge in [-0.05, 0) is 49.7 Å².